The fourth-order valence-corrected chi connectivity index (χ4v) is 4.19. The topological polar surface area (TPSA) is 93.5 Å². The molecule has 0 saturated heterocycles. The number of furan rings is 1. The third kappa shape index (κ3) is 7.52. The molecule has 3 aromatic rings. The lowest BCUT2D eigenvalue weighted by Crippen LogP contribution is -2.44. The van der Waals surface area contributed by atoms with Gasteiger partial charge in [0.1, 0.15) is 18.1 Å². The lowest BCUT2D eigenvalue weighted by atomic mass is 10.2. The number of aryl methyl sites for hydroxylation is 2. The van der Waals surface area contributed by atoms with Crippen molar-refractivity contribution >= 4 is 17.6 Å². The number of hydrogen-bond donors (Lipinski definition) is 1. The zero-order valence-electron chi connectivity index (χ0n) is 22.2. The fourth-order valence-electron chi connectivity index (χ4n) is 4.19. The van der Waals surface area contributed by atoms with Crippen LogP contribution in [0.5, 0.6) is 11.5 Å². The van der Waals surface area contributed by atoms with E-state index >= 15 is 0 Å². The molecule has 0 aliphatic carbocycles. The molecule has 1 N–H and O–H groups in total. The number of urea groups is 1. The van der Waals surface area contributed by atoms with Crippen molar-refractivity contribution < 1.29 is 28.2 Å². The van der Waals surface area contributed by atoms with Gasteiger partial charge >= 0.3 is 6.03 Å². The normalized spacial score (nSPS) is 11.9. The first-order valence-corrected chi connectivity index (χ1v) is 12.8. The second-order valence-electron chi connectivity index (χ2n) is 9.22. The summed E-state index contributed by atoms with van der Waals surface area (Å²) in [6.07, 6.45) is 0.613. The van der Waals surface area contributed by atoms with Crippen molar-refractivity contribution in [3.63, 3.8) is 0 Å². The molecule has 4 rings (SSSR count). The van der Waals surface area contributed by atoms with E-state index in [0.717, 1.165) is 16.9 Å². The van der Waals surface area contributed by atoms with Crippen molar-refractivity contribution in [2.24, 2.45) is 0 Å². The molecule has 1 aromatic heterocycles. The molecule has 0 unspecified atom stereocenters. The second kappa shape index (κ2) is 13.0. The second-order valence-corrected chi connectivity index (χ2v) is 9.22. The number of nitrogens with one attached hydrogen (secondary N) is 1. The van der Waals surface area contributed by atoms with Gasteiger partial charge in [0.25, 0.3) is 0 Å². The Morgan fingerprint density at radius 2 is 1.82 bits per heavy atom. The highest BCUT2D eigenvalue weighted by Crippen LogP contribution is 2.33. The number of amides is 3. The van der Waals surface area contributed by atoms with Gasteiger partial charge in [0.2, 0.25) is 12.7 Å². The maximum absolute atomic E-state index is 13.7. The summed E-state index contributed by atoms with van der Waals surface area (Å²) in [6, 6.07) is 16.6. The summed E-state index contributed by atoms with van der Waals surface area (Å²) in [5, 5.41) is 2.93. The average Bonchev–Trinajstić information content (AvgIpc) is 3.53. The zero-order valence-corrected chi connectivity index (χ0v) is 22.2. The van der Waals surface area contributed by atoms with Crippen LogP contribution in [-0.2, 0) is 22.6 Å². The van der Waals surface area contributed by atoms with Crippen molar-refractivity contribution in [1.29, 1.82) is 0 Å². The quantitative estimate of drug-likeness (QED) is 0.333. The zero-order chi connectivity index (χ0) is 26.9. The van der Waals surface area contributed by atoms with Crippen LogP contribution in [0, 0.1) is 13.8 Å². The third-order valence-corrected chi connectivity index (χ3v) is 6.11. The minimum Gasteiger partial charge on any atom is -0.464 e. The molecule has 202 valence electrons. The van der Waals surface area contributed by atoms with Crippen molar-refractivity contribution in [3.05, 3.63) is 77.2 Å². The summed E-state index contributed by atoms with van der Waals surface area (Å²) in [7, 11) is 0. The molecule has 0 atom stereocenters. The predicted molar refractivity (Wildman–Crippen MR) is 143 cm³/mol. The highest BCUT2D eigenvalue weighted by Gasteiger charge is 2.24. The predicted octanol–water partition coefficient (Wildman–Crippen LogP) is 5.11. The molecule has 0 bridgehead atoms. The fraction of sp³-hybridized carbons (Fsp3) is 0.379. The van der Waals surface area contributed by atoms with Crippen molar-refractivity contribution in [2.45, 2.75) is 40.3 Å². The molecule has 9 nitrogen and oxygen atoms in total. The molecule has 1 aliphatic heterocycles. The SMILES string of the molecule is CCOCCCN(CC(=O)N(Cc1ccc2c(c1)OCO2)Cc1ccc(C)o1)C(=O)Nc1cccc(C)c1. The molecule has 1 aliphatic rings. The number of ether oxygens (including phenoxy) is 3. The highest BCUT2D eigenvalue weighted by atomic mass is 16.7. The number of hydrogen-bond acceptors (Lipinski definition) is 6. The third-order valence-electron chi connectivity index (χ3n) is 6.11. The van der Waals surface area contributed by atoms with Gasteiger partial charge < -0.3 is 33.7 Å². The molecule has 3 amide bonds. The minimum absolute atomic E-state index is 0.0893. The van der Waals surface area contributed by atoms with E-state index < -0.39 is 0 Å². The number of fused-ring (bicyclic) bond motifs is 1. The smallest absolute Gasteiger partial charge is 0.322 e. The van der Waals surface area contributed by atoms with E-state index in [-0.39, 0.29) is 31.8 Å². The van der Waals surface area contributed by atoms with Crippen LogP contribution in [0.15, 0.2) is 59.0 Å². The van der Waals surface area contributed by atoms with Crippen LogP contribution in [0.3, 0.4) is 0 Å². The van der Waals surface area contributed by atoms with E-state index in [4.69, 9.17) is 18.6 Å². The van der Waals surface area contributed by atoms with Gasteiger partial charge in [-0.15, -0.1) is 0 Å². The molecule has 2 aromatic carbocycles. The summed E-state index contributed by atoms with van der Waals surface area (Å²) in [5.41, 5.74) is 2.60. The first-order valence-electron chi connectivity index (χ1n) is 12.8. The summed E-state index contributed by atoms with van der Waals surface area (Å²) >= 11 is 0. The number of rotatable bonds is 12. The molecule has 0 fully saturated rings. The summed E-state index contributed by atoms with van der Waals surface area (Å²) in [4.78, 5) is 30.1. The Morgan fingerprint density at radius 3 is 2.58 bits per heavy atom. The van der Waals surface area contributed by atoms with Gasteiger partial charge in [-0.2, -0.15) is 0 Å². The van der Waals surface area contributed by atoms with E-state index in [9.17, 15) is 9.59 Å². The summed E-state index contributed by atoms with van der Waals surface area (Å²) in [5.74, 6) is 2.57. The van der Waals surface area contributed by atoms with E-state index in [0.29, 0.717) is 55.7 Å². The Kier molecular flexibility index (Phi) is 9.26. The maximum Gasteiger partial charge on any atom is 0.322 e. The van der Waals surface area contributed by atoms with Gasteiger partial charge in [0.05, 0.1) is 6.54 Å². The Balaban J connectivity index is 1.50. The lowest BCUT2D eigenvalue weighted by Gasteiger charge is -2.27. The molecule has 0 radical (unpaired) electrons. The van der Waals surface area contributed by atoms with Gasteiger partial charge in [-0.05, 0) is 74.7 Å². The van der Waals surface area contributed by atoms with Gasteiger partial charge in [-0.1, -0.05) is 18.2 Å². The van der Waals surface area contributed by atoms with Crippen LogP contribution in [0.4, 0.5) is 10.5 Å². The minimum atomic E-state index is -0.336. The molecule has 38 heavy (non-hydrogen) atoms. The number of carbonyl (C=O) groups excluding carboxylic acids is 2. The maximum atomic E-state index is 13.7. The van der Waals surface area contributed by atoms with Gasteiger partial charge in [0.15, 0.2) is 11.5 Å². The molecule has 2 heterocycles. The molecule has 0 saturated carbocycles. The molecular weight excluding hydrogens is 486 g/mol. The van der Waals surface area contributed by atoms with Crippen LogP contribution < -0.4 is 14.8 Å². The Labute approximate surface area is 223 Å². The lowest BCUT2D eigenvalue weighted by molar-refractivity contribution is -0.133. The first-order chi connectivity index (χ1) is 18.4. The van der Waals surface area contributed by atoms with Crippen molar-refractivity contribution in [1.82, 2.24) is 9.80 Å². The van der Waals surface area contributed by atoms with Gasteiger partial charge in [-0.25, -0.2) is 4.79 Å². The first kappa shape index (κ1) is 27.1. The van der Waals surface area contributed by atoms with E-state index in [1.807, 2.05) is 75.4 Å². The van der Waals surface area contributed by atoms with Crippen molar-refractivity contribution in [2.75, 3.05) is 38.4 Å². The monoisotopic (exact) mass is 521 g/mol. The molecule has 0 spiro atoms. The van der Waals surface area contributed by atoms with E-state index in [1.54, 1.807) is 4.90 Å². The molecular formula is C29H35N3O6. The number of nitrogens with zero attached hydrogens (tertiary/aromatic N) is 2. The van der Waals surface area contributed by atoms with Crippen LogP contribution in [-0.4, -0.2) is 54.8 Å². The van der Waals surface area contributed by atoms with E-state index in [1.165, 1.54) is 4.90 Å². The van der Waals surface area contributed by atoms with E-state index in [2.05, 4.69) is 5.32 Å². The largest absolute Gasteiger partial charge is 0.464 e. The Hall–Kier alpha value is -3.98. The summed E-state index contributed by atoms with van der Waals surface area (Å²) < 4.78 is 22.1. The van der Waals surface area contributed by atoms with Crippen LogP contribution in [0.1, 0.15) is 36.0 Å². The number of benzene rings is 2. The van der Waals surface area contributed by atoms with Crippen molar-refractivity contribution in [3.8, 4) is 11.5 Å². The van der Waals surface area contributed by atoms with Gasteiger partial charge in [0, 0.05) is 32.0 Å². The number of anilines is 1. The highest BCUT2D eigenvalue weighted by molar-refractivity contribution is 5.92. The van der Waals surface area contributed by atoms with Crippen LogP contribution in [0.25, 0.3) is 0 Å². The van der Waals surface area contributed by atoms with Crippen LogP contribution >= 0.6 is 0 Å². The average molecular weight is 522 g/mol. The Bertz CT molecular complexity index is 1240. The van der Waals surface area contributed by atoms with Crippen LogP contribution in [0.2, 0.25) is 0 Å². The number of carbonyl (C=O) groups is 2. The summed E-state index contributed by atoms with van der Waals surface area (Å²) in [6.45, 7) is 7.92. The Morgan fingerprint density at radius 1 is 0.974 bits per heavy atom. The standard InChI is InChI=1S/C29H35N3O6/c1-4-35-14-6-13-31(29(34)30-24-8-5-7-21(2)15-24)19-28(33)32(18-25-11-9-22(3)38-25)17-23-10-12-26-27(16-23)37-20-36-26/h5,7-12,15-16H,4,6,13-14,17-20H2,1-3H3,(H,30,34). The van der Waals surface area contributed by atoms with Gasteiger partial charge in [-0.3, -0.25) is 4.79 Å². The molecule has 9 heteroatoms.